The highest BCUT2D eigenvalue weighted by Gasteiger charge is 2.04. The summed E-state index contributed by atoms with van der Waals surface area (Å²) in [6.45, 7) is 0. The van der Waals surface area contributed by atoms with Crippen molar-refractivity contribution in [1.29, 1.82) is 0 Å². The van der Waals surface area contributed by atoms with E-state index in [4.69, 9.17) is 0 Å². The van der Waals surface area contributed by atoms with Gasteiger partial charge in [0.05, 0.1) is 5.75 Å². The van der Waals surface area contributed by atoms with Crippen LogP contribution in [0.1, 0.15) is 10.4 Å². The molecule has 1 amide bonds. The molecule has 0 atom stereocenters. The van der Waals surface area contributed by atoms with Crippen molar-refractivity contribution in [3.05, 3.63) is 58.6 Å². The summed E-state index contributed by atoms with van der Waals surface area (Å²) >= 11 is 4.78. The lowest BCUT2D eigenvalue weighted by atomic mass is 10.2. The zero-order valence-corrected chi connectivity index (χ0v) is 12.9. The van der Waals surface area contributed by atoms with Crippen LogP contribution in [-0.2, 0) is 4.79 Å². The smallest absolute Gasteiger partial charge is 0.234 e. The number of hydrogen-bond donors (Lipinski definition) is 1. The van der Waals surface area contributed by atoms with Crippen molar-refractivity contribution in [3.63, 3.8) is 0 Å². The topological polar surface area (TPSA) is 46.2 Å². The average molecular weight is 350 g/mol. The first-order chi connectivity index (χ1) is 9.67. The molecule has 0 heterocycles. The molecule has 0 aliphatic rings. The van der Waals surface area contributed by atoms with E-state index in [1.807, 2.05) is 36.4 Å². The molecule has 0 unspecified atom stereocenters. The number of thioether (sulfide) groups is 1. The molecular weight excluding hydrogens is 338 g/mol. The van der Waals surface area contributed by atoms with Gasteiger partial charge in [-0.2, -0.15) is 0 Å². The van der Waals surface area contributed by atoms with Crippen molar-refractivity contribution in [1.82, 2.24) is 0 Å². The third-order valence-corrected chi connectivity index (χ3v) is 4.05. The van der Waals surface area contributed by atoms with Crippen LogP contribution in [0.15, 0.2) is 57.9 Å². The number of hydrogen-bond acceptors (Lipinski definition) is 3. The minimum atomic E-state index is -0.0585. The van der Waals surface area contributed by atoms with E-state index in [0.717, 1.165) is 21.3 Å². The van der Waals surface area contributed by atoms with Gasteiger partial charge in [-0.15, -0.1) is 11.8 Å². The van der Waals surface area contributed by atoms with Crippen molar-refractivity contribution in [2.45, 2.75) is 4.90 Å². The quantitative estimate of drug-likeness (QED) is 0.655. The first-order valence-electron chi connectivity index (χ1n) is 5.91. The van der Waals surface area contributed by atoms with Crippen LogP contribution < -0.4 is 5.32 Å². The lowest BCUT2D eigenvalue weighted by Crippen LogP contribution is -2.13. The normalized spacial score (nSPS) is 10.1. The van der Waals surface area contributed by atoms with Gasteiger partial charge in [0.25, 0.3) is 0 Å². The highest BCUT2D eigenvalue weighted by atomic mass is 79.9. The molecule has 102 valence electrons. The van der Waals surface area contributed by atoms with E-state index >= 15 is 0 Å². The monoisotopic (exact) mass is 349 g/mol. The molecule has 0 fully saturated rings. The number of amides is 1. The van der Waals surface area contributed by atoms with E-state index in [0.29, 0.717) is 11.3 Å². The maximum atomic E-state index is 11.8. The third kappa shape index (κ3) is 4.51. The molecule has 0 bridgehead atoms. The van der Waals surface area contributed by atoms with E-state index in [2.05, 4.69) is 21.2 Å². The molecule has 0 saturated carbocycles. The molecule has 20 heavy (non-hydrogen) atoms. The largest absolute Gasteiger partial charge is 0.325 e. The Balaban J connectivity index is 1.85. The van der Waals surface area contributed by atoms with Crippen LogP contribution >= 0.6 is 27.7 Å². The Labute approximate surface area is 129 Å². The molecule has 0 aliphatic carbocycles. The second kappa shape index (κ2) is 7.26. The lowest BCUT2D eigenvalue weighted by molar-refractivity contribution is -0.113. The number of anilines is 1. The van der Waals surface area contributed by atoms with Crippen LogP contribution in [0.5, 0.6) is 0 Å². The molecule has 2 aromatic carbocycles. The average Bonchev–Trinajstić information content (AvgIpc) is 2.48. The zero-order valence-electron chi connectivity index (χ0n) is 10.5. The van der Waals surface area contributed by atoms with Gasteiger partial charge in [-0.1, -0.05) is 28.1 Å². The summed E-state index contributed by atoms with van der Waals surface area (Å²) < 4.78 is 0.972. The predicted molar refractivity (Wildman–Crippen MR) is 85.3 cm³/mol. The van der Waals surface area contributed by atoms with Gasteiger partial charge in [-0.3, -0.25) is 9.59 Å². The van der Waals surface area contributed by atoms with Crippen LogP contribution in [-0.4, -0.2) is 17.9 Å². The Kier molecular flexibility index (Phi) is 5.38. The molecule has 0 spiro atoms. The molecule has 2 aromatic rings. The molecule has 0 radical (unpaired) electrons. The Morgan fingerprint density at radius 1 is 1.10 bits per heavy atom. The van der Waals surface area contributed by atoms with Crippen LogP contribution in [0.2, 0.25) is 0 Å². The maximum absolute atomic E-state index is 11.8. The van der Waals surface area contributed by atoms with E-state index < -0.39 is 0 Å². The molecule has 0 aliphatic heterocycles. The molecule has 0 saturated heterocycles. The Bertz CT molecular complexity index is 596. The molecule has 5 heteroatoms. The standard InChI is InChI=1S/C15H12BrNO2S/c16-12-3-5-13(6-4-12)17-15(19)10-20-14-7-1-11(9-18)2-8-14/h1-9H,10H2,(H,17,19). The van der Waals surface area contributed by atoms with E-state index in [1.165, 1.54) is 11.8 Å². The molecule has 0 aromatic heterocycles. The summed E-state index contributed by atoms with van der Waals surface area (Å²) in [5.74, 6) is 0.271. The fraction of sp³-hybridized carbons (Fsp3) is 0.0667. The van der Waals surface area contributed by atoms with Crippen LogP contribution in [0, 0.1) is 0 Å². The van der Waals surface area contributed by atoms with Gasteiger partial charge in [-0.25, -0.2) is 0 Å². The summed E-state index contributed by atoms with van der Waals surface area (Å²) in [4.78, 5) is 23.3. The molecule has 3 nitrogen and oxygen atoms in total. The molecule has 2 rings (SSSR count). The summed E-state index contributed by atoms with van der Waals surface area (Å²) in [5, 5.41) is 2.83. The van der Waals surface area contributed by atoms with Gasteiger partial charge in [0.2, 0.25) is 5.91 Å². The maximum Gasteiger partial charge on any atom is 0.234 e. The number of carbonyl (C=O) groups excluding carboxylic acids is 2. The van der Waals surface area contributed by atoms with Crippen molar-refractivity contribution in [2.75, 3.05) is 11.1 Å². The summed E-state index contributed by atoms with van der Waals surface area (Å²) in [6, 6.07) is 14.6. The van der Waals surface area contributed by atoms with Crippen molar-refractivity contribution < 1.29 is 9.59 Å². The van der Waals surface area contributed by atoms with Gasteiger partial charge in [0.1, 0.15) is 6.29 Å². The third-order valence-electron chi connectivity index (χ3n) is 2.51. The summed E-state index contributed by atoms with van der Waals surface area (Å²) in [7, 11) is 0. The van der Waals surface area contributed by atoms with E-state index in [-0.39, 0.29) is 5.91 Å². The fourth-order valence-corrected chi connectivity index (χ4v) is 2.48. The minimum absolute atomic E-state index is 0.0585. The van der Waals surface area contributed by atoms with Crippen LogP contribution in [0.3, 0.4) is 0 Å². The van der Waals surface area contributed by atoms with Crippen molar-refractivity contribution >= 4 is 45.6 Å². The molecule has 1 N–H and O–H groups in total. The van der Waals surface area contributed by atoms with Crippen molar-refractivity contribution in [2.24, 2.45) is 0 Å². The second-order valence-corrected chi connectivity index (χ2v) is 6.00. The number of benzene rings is 2. The van der Waals surface area contributed by atoms with Gasteiger partial charge >= 0.3 is 0 Å². The first-order valence-corrected chi connectivity index (χ1v) is 7.69. The Morgan fingerprint density at radius 2 is 1.75 bits per heavy atom. The van der Waals surface area contributed by atoms with E-state index in [9.17, 15) is 9.59 Å². The van der Waals surface area contributed by atoms with E-state index in [1.54, 1.807) is 12.1 Å². The van der Waals surface area contributed by atoms with Gasteiger partial charge in [-0.05, 0) is 36.4 Å². The zero-order chi connectivity index (χ0) is 14.4. The van der Waals surface area contributed by atoms with Gasteiger partial charge < -0.3 is 5.32 Å². The first kappa shape index (κ1) is 14.8. The minimum Gasteiger partial charge on any atom is -0.325 e. The lowest BCUT2D eigenvalue weighted by Gasteiger charge is -2.05. The number of carbonyl (C=O) groups is 2. The number of aldehydes is 1. The second-order valence-electron chi connectivity index (χ2n) is 4.03. The Hall–Kier alpha value is -1.59. The fourth-order valence-electron chi connectivity index (χ4n) is 1.52. The SMILES string of the molecule is O=Cc1ccc(SCC(=O)Nc2ccc(Br)cc2)cc1. The number of nitrogens with one attached hydrogen (secondary N) is 1. The summed E-state index contributed by atoms with van der Waals surface area (Å²) in [5.41, 5.74) is 1.41. The van der Waals surface area contributed by atoms with Gasteiger partial charge in [0, 0.05) is 20.6 Å². The van der Waals surface area contributed by atoms with Gasteiger partial charge in [0.15, 0.2) is 0 Å². The Morgan fingerprint density at radius 3 is 2.35 bits per heavy atom. The number of halogens is 1. The highest BCUT2D eigenvalue weighted by molar-refractivity contribution is 9.10. The predicted octanol–water partition coefficient (Wildman–Crippen LogP) is 3.99. The molecular formula is C15H12BrNO2S. The number of rotatable bonds is 5. The highest BCUT2D eigenvalue weighted by Crippen LogP contribution is 2.19. The van der Waals surface area contributed by atoms with Crippen LogP contribution in [0.25, 0.3) is 0 Å². The van der Waals surface area contributed by atoms with Crippen molar-refractivity contribution in [3.8, 4) is 0 Å². The van der Waals surface area contributed by atoms with Crippen LogP contribution in [0.4, 0.5) is 5.69 Å². The summed E-state index contributed by atoms with van der Waals surface area (Å²) in [6.07, 6.45) is 0.800.